The second-order valence-corrected chi connectivity index (χ2v) is 5.09. The number of ketones is 1. The quantitative estimate of drug-likeness (QED) is 0.637. The molecule has 0 aromatic heterocycles. The Labute approximate surface area is 120 Å². The third-order valence-electron chi connectivity index (χ3n) is 3.57. The average Bonchev–Trinajstić information content (AvgIpc) is 2.73. The van der Waals surface area contributed by atoms with Crippen LogP contribution in [0.25, 0.3) is 5.57 Å². The number of hydrogen-bond donors (Lipinski definition) is 1. The molecular formula is C17H21NO2. The van der Waals surface area contributed by atoms with Gasteiger partial charge in [0.15, 0.2) is 5.78 Å². The summed E-state index contributed by atoms with van der Waals surface area (Å²) in [5.41, 5.74) is 2.85. The molecule has 3 nitrogen and oxygen atoms in total. The summed E-state index contributed by atoms with van der Waals surface area (Å²) in [5.74, 6) is -0.346. The molecule has 0 saturated heterocycles. The zero-order valence-electron chi connectivity index (χ0n) is 12.2. The molecule has 2 rings (SSSR count). The minimum absolute atomic E-state index is 0.127. The molecule has 0 fully saturated rings. The maximum Gasteiger partial charge on any atom is 0.255 e. The Morgan fingerprint density at radius 1 is 1.10 bits per heavy atom. The molecule has 1 aromatic carbocycles. The first-order valence-corrected chi connectivity index (χ1v) is 7.36. The molecule has 1 aliphatic rings. The average molecular weight is 271 g/mol. The van der Waals surface area contributed by atoms with Gasteiger partial charge in [-0.2, -0.15) is 0 Å². The molecule has 0 unspecified atom stereocenters. The summed E-state index contributed by atoms with van der Waals surface area (Å²) in [6.45, 7) is 4.76. The number of Topliss-reactive ketones (excluding diaryl/α,β-unsaturated/α-hetero) is 1. The van der Waals surface area contributed by atoms with Crippen LogP contribution in [0, 0.1) is 0 Å². The van der Waals surface area contributed by atoms with Crippen molar-refractivity contribution >= 4 is 17.3 Å². The van der Waals surface area contributed by atoms with E-state index in [0.29, 0.717) is 17.7 Å². The Morgan fingerprint density at radius 3 is 2.45 bits per heavy atom. The highest BCUT2D eigenvalue weighted by Crippen LogP contribution is 2.35. The SMILES string of the molecule is CCCCNC(=O)C1=C(CCC)c2ccccc2C1=O. The van der Waals surface area contributed by atoms with Crippen molar-refractivity contribution in [3.8, 4) is 0 Å². The van der Waals surface area contributed by atoms with Crippen LogP contribution in [0.15, 0.2) is 29.8 Å². The molecule has 1 amide bonds. The number of unbranched alkanes of at least 4 members (excludes halogenated alkanes) is 1. The first kappa shape index (κ1) is 14.5. The van der Waals surface area contributed by atoms with Crippen LogP contribution in [0.2, 0.25) is 0 Å². The van der Waals surface area contributed by atoms with E-state index in [4.69, 9.17) is 0 Å². The first-order chi connectivity index (χ1) is 9.70. The fourth-order valence-electron chi connectivity index (χ4n) is 2.57. The Morgan fingerprint density at radius 2 is 1.80 bits per heavy atom. The van der Waals surface area contributed by atoms with Crippen LogP contribution < -0.4 is 5.32 Å². The Hall–Kier alpha value is -1.90. The van der Waals surface area contributed by atoms with Crippen LogP contribution in [-0.4, -0.2) is 18.2 Å². The number of carbonyl (C=O) groups excluding carboxylic acids is 2. The number of rotatable bonds is 6. The Balaban J connectivity index is 2.31. The summed E-state index contributed by atoms with van der Waals surface area (Å²) < 4.78 is 0. The molecule has 0 bridgehead atoms. The van der Waals surface area contributed by atoms with Gasteiger partial charge < -0.3 is 5.32 Å². The van der Waals surface area contributed by atoms with Gasteiger partial charge in [0.05, 0.1) is 5.57 Å². The highest BCUT2D eigenvalue weighted by molar-refractivity contribution is 6.34. The van der Waals surface area contributed by atoms with Gasteiger partial charge in [0, 0.05) is 12.1 Å². The maximum absolute atomic E-state index is 12.4. The lowest BCUT2D eigenvalue weighted by molar-refractivity contribution is -0.117. The fourth-order valence-corrected chi connectivity index (χ4v) is 2.57. The van der Waals surface area contributed by atoms with Crippen LogP contribution in [0.1, 0.15) is 55.5 Å². The zero-order valence-corrected chi connectivity index (χ0v) is 12.2. The number of fused-ring (bicyclic) bond motifs is 1. The van der Waals surface area contributed by atoms with Crippen LogP contribution in [0.5, 0.6) is 0 Å². The summed E-state index contributed by atoms with van der Waals surface area (Å²) in [4.78, 5) is 24.7. The third kappa shape index (κ3) is 2.67. The maximum atomic E-state index is 12.4. The summed E-state index contributed by atoms with van der Waals surface area (Å²) >= 11 is 0. The van der Waals surface area contributed by atoms with Crippen molar-refractivity contribution in [2.75, 3.05) is 6.54 Å². The molecule has 0 atom stereocenters. The number of nitrogens with one attached hydrogen (secondary N) is 1. The molecule has 0 aliphatic heterocycles. The smallest absolute Gasteiger partial charge is 0.255 e. The standard InChI is InChI=1S/C17H21NO2/c1-3-5-11-18-17(20)15-13(8-4-2)12-9-6-7-10-14(12)16(15)19/h6-7,9-10H,3-5,8,11H2,1-2H3,(H,18,20). The summed E-state index contributed by atoms with van der Waals surface area (Å²) in [7, 11) is 0. The van der Waals surface area contributed by atoms with Crippen molar-refractivity contribution in [3.63, 3.8) is 0 Å². The molecule has 1 N–H and O–H groups in total. The molecule has 106 valence electrons. The van der Waals surface area contributed by atoms with Crippen molar-refractivity contribution < 1.29 is 9.59 Å². The predicted octanol–water partition coefficient (Wildman–Crippen LogP) is 3.35. The molecule has 3 heteroatoms. The van der Waals surface area contributed by atoms with Gasteiger partial charge in [-0.15, -0.1) is 0 Å². The van der Waals surface area contributed by atoms with Crippen molar-refractivity contribution in [2.24, 2.45) is 0 Å². The molecular weight excluding hydrogens is 250 g/mol. The predicted molar refractivity (Wildman–Crippen MR) is 80.5 cm³/mol. The highest BCUT2D eigenvalue weighted by atomic mass is 16.2. The number of amides is 1. The van der Waals surface area contributed by atoms with Gasteiger partial charge in [-0.1, -0.05) is 51.0 Å². The van der Waals surface area contributed by atoms with Gasteiger partial charge in [-0.05, 0) is 24.0 Å². The minimum Gasteiger partial charge on any atom is -0.352 e. The zero-order chi connectivity index (χ0) is 14.5. The van der Waals surface area contributed by atoms with E-state index in [1.807, 2.05) is 18.2 Å². The molecule has 0 heterocycles. The van der Waals surface area contributed by atoms with E-state index < -0.39 is 0 Å². The van der Waals surface area contributed by atoms with Crippen LogP contribution >= 0.6 is 0 Å². The number of benzene rings is 1. The molecule has 1 aromatic rings. The first-order valence-electron chi connectivity index (χ1n) is 7.36. The van der Waals surface area contributed by atoms with Gasteiger partial charge in [-0.3, -0.25) is 9.59 Å². The lowest BCUT2D eigenvalue weighted by Crippen LogP contribution is -2.28. The van der Waals surface area contributed by atoms with Crippen LogP contribution in [-0.2, 0) is 4.79 Å². The Bertz CT molecular complexity index is 558. The largest absolute Gasteiger partial charge is 0.352 e. The molecule has 0 saturated carbocycles. The summed E-state index contributed by atoms with van der Waals surface area (Å²) in [5, 5.41) is 2.86. The minimum atomic E-state index is -0.219. The van der Waals surface area contributed by atoms with Gasteiger partial charge in [0.2, 0.25) is 0 Å². The molecule has 0 radical (unpaired) electrons. The van der Waals surface area contributed by atoms with Gasteiger partial charge in [0.1, 0.15) is 0 Å². The monoisotopic (exact) mass is 271 g/mol. The van der Waals surface area contributed by atoms with Crippen molar-refractivity contribution in [1.29, 1.82) is 0 Å². The van der Waals surface area contributed by atoms with Crippen LogP contribution in [0.3, 0.4) is 0 Å². The molecule has 20 heavy (non-hydrogen) atoms. The number of hydrogen-bond acceptors (Lipinski definition) is 2. The molecule has 1 aliphatic carbocycles. The molecule has 0 spiro atoms. The summed E-state index contributed by atoms with van der Waals surface area (Å²) in [6, 6.07) is 7.50. The second kappa shape index (κ2) is 6.51. The van der Waals surface area contributed by atoms with Gasteiger partial charge >= 0.3 is 0 Å². The highest BCUT2D eigenvalue weighted by Gasteiger charge is 2.32. The van der Waals surface area contributed by atoms with Crippen molar-refractivity contribution in [2.45, 2.75) is 39.5 Å². The van der Waals surface area contributed by atoms with Gasteiger partial charge in [-0.25, -0.2) is 0 Å². The van der Waals surface area contributed by atoms with E-state index in [9.17, 15) is 9.59 Å². The lowest BCUT2D eigenvalue weighted by Gasteiger charge is -2.07. The van der Waals surface area contributed by atoms with Crippen LogP contribution in [0.4, 0.5) is 0 Å². The number of carbonyl (C=O) groups is 2. The van der Waals surface area contributed by atoms with E-state index >= 15 is 0 Å². The fraction of sp³-hybridized carbons (Fsp3) is 0.412. The van der Waals surface area contributed by atoms with Crippen molar-refractivity contribution in [3.05, 3.63) is 41.0 Å². The topological polar surface area (TPSA) is 46.2 Å². The van der Waals surface area contributed by atoms with E-state index in [0.717, 1.165) is 36.8 Å². The normalized spacial score (nSPS) is 13.6. The summed E-state index contributed by atoms with van der Waals surface area (Å²) in [6.07, 6.45) is 3.64. The number of allylic oxidation sites excluding steroid dienone is 1. The lowest BCUT2D eigenvalue weighted by atomic mass is 10.0. The van der Waals surface area contributed by atoms with Gasteiger partial charge in [0.25, 0.3) is 5.91 Å². The van der Waals surface area contributed by atoms with E-state index in [1.54, 1.807) is 6.07 Å². The van der Waals surface area contributed by atoms with E-state index in [1.165, 1.54) is 0 Å². The second-order valence-electron chi connectivity index (χ2n) is 5.09. The van der Waals surface area contributed by atoms with Crippen molar-refractivity contribution in [1.82, 2.24) is 5.32 Å². The van der Waals surface area contributed by atoms with E-state index in [2.05, 4.69) is 19.2 Å². The Kier molecular flexibility index (Phi) is 4.72. The third-order valence-corrected chi connectivity index (χ3v) is 3.57. The van der Waals surface area contributed by atoms with E-state index in [-0.39, 0.29) is 11.7 Å².